The van der Waals surface area contributed by atoms with Gasteiger partial charge in [0.05, 0.1) is 6.20 Å². The molecule has 0 saturated carbocycles. The number of allylic oxidation sites excluding steroid dienone is 2. The molecule has 1 fully saturated rings. The number of nitriles is 1. The standard InChI is InChI=1S/C25H31N5O/c1-25(2)7-5-19(6-8-25)22-13-18(17-30-11-9-27-10-12-30)3-4-20(22)14-23(31)24-28-16-21(15-26)29-24/h3-5,13,16,27H,6-12,14,17H2,1-2H3,(H,28,29). The minimum atomic E-state index is -0.0886. The summed E-state index contributed by atoms with van der Waals surface area (Å²) in [6.07, 6.45) is 7.30. The molecule has 0 unspecified atom stereocenters. The lowest BCUT2D eigenvalue weighted by Crippen LogP contribution is -2.42. The maximum Gasteiger partial charge on any atom is 0.202 e. The van der Waals surface area contributed by atoms with E-state index in [1.54, 1.807) is 0 Å². The van der Waals surface area contributed by atoms with E-state index in [9.17, 15) is 4.79 Å². The molecule has 6 heteroatoms. The van der Waals surface area contributed by atoms with Crippen molar-refractivity contribution in [1.82, 2.24) is 20.2 Å². The summed E-state index contributed by atoms with van der Waals surface area (Å²) in [5, 5.41) is 12.4. The third kappa shape index (κ3) is 5.30. The molecule has 1 aromatic heterocycles. The molecule has 162 valence electrons. The Labute approximate surface area is 184 Å². The second-order valence-corrected chi connectivity index (χ2v) is 9.47. The van der Waals surface area contributed by atoms with Crippen molar-refractivity contribution in [2.75, 3.05) is 26.2 Å². The highest BCUT2D eigenvalue weighted by atomic mass is 16.1. The highest BCUT2D eigenvalue weighted by Gasteiger charge is 2.24. The summed E-state index contributed by atoms with van der Waals surface area (Å²) < 4.78 is 0. The van der Waals surface area contributed by atoms with E-state index in [1.165, 1.54) is 22.9 Å². The van der Waals surface area contributed by atoms with Gasteiger partial charge in [-0.15, -0.1) is 0 Å². The van der Waals surface area contributed by atoms with Crippen LogP contribution in [0.5, 0.6) is 0 Å². The molecule has 2 aliphatic rings. The molecule has 31 heavy (non-hydrogen) atoms. The summed E-state index contributed by atoms with van der Waals surface area (Å²) >= 11 is 0. The van der Waals surface area contributed by atoms with Crippen LogP contribution in [0, 0.1) is 16.7 Å². The van der Waals surface area contributed by atoms with Crippen LogP contribution in [0.25, 0.3) is 5.57 Å². The molecule has 1 aromatic carbocycles. The molecule has 0 radical (unpaired) electrons. The molecule has 0 atom stereocenters. The highest BCUT2D eigenvalue weighted by molar-refractivity contribution is 5.95. The predicted molar refractivity (Wildman–Crippen MR) is 122 cm³/mol. The lowest BCUT2D eigenvalue weighted by molar-refractivity contribution is 0.0984. The number of aromatic nitrogens is 2. The van der Waals surface area contributed by atoms with Gasteiger partial charge in [0.2, 0.25) is 5.78 Å². The number of carbonyl (C=O) groups excluding carboxylic acids is 1. The Balaban J connectivity index is 1.60. The van der Waals surface area contributed by atoms with E-state index in [4.69, 9.17) is 5.26 Å². The molecule has 1 aliphatic heterocycles. The van der Waals surface area contributed by atoms with Crippen molar-refractivity contribution in [3.05, 3.63) is 58.7 Å². The third-order valence-corrected chi connectivity index (χ3v) is 6.42. The number of rotatable bonds is 6. The first-order valence-corrected chi connectivity index (χ1v) is 11.2. The normalized spacial score (nSPS) is 18.9. The van der Waals surface area contributed by atoms with E-state index in [1.807, 2.05) is 6.07 Å². The number of imidazole rings is 1. The van der Waals surface area contributed by atoms with Crippen LogP contribution in [-0.4, -0.2) is 46.8 Å². The summed E-state index contributed by atoms with van der Waals surface area (Å²) in [4.78, 5) is 22.2. The Morgan fingerprint density at radius 1 is 1.29 bits per heavy atom. The number of H-pyrrole nitrogens is 1. The van der Waals surface area contributed by atoms with Crippen LogP contribution in [0.2, 0.25) is 0 Å². The number of hydrogen-bond acceptors (Lipinski definition) is 5. The van der Waals surface area contributed by atoms with Crippen molar-refractivity contribution in [1.29, 1.82) is 5.26 Å². The number of nitrogens with one attached hydrogen (secondary N) is 2. The Bertz CT molecular complexity index is 1020. The first-order chi connectivity index (χ1) is 14.9. The van der Waals surface area contributed by atoms with Crippen LogP contribution in [0.3, 0.4) is 0 Å². The van der Waals surface area contributed by atoms with Crippen LogP contribution in [0.4, 0.5) is 0 Å². The fourth-order valence-corrected chi connectivity index (χ4v) is 4.40. The summed E-state index contributed by atoms with van der Waals surface area (Å²) in [6.45, 7) is 9.76. The average Bonchev–Trinajstić information content (AvgIpc) is 3.25. The van der Waals surface area contributed by atoms with Gasteiger partial charge < -0.3 is 10.3 Å². The van der Waals surface area contributed by atoms with Crippen LogP contribution in [0.1, 0.15) is 66.1 Å². The van der Waals surface area contributed by atoms with Gasteiger partial charge in [-0.1, -0.05) is 32.1 Å². The monoisotopic (exact) mass is 417 g/mol. The Morgan fingerprint density at radius 2 is 2.10 bits per heavy atom. The number of aromatic amines is 1. The molecular weight excluding hydrogens is 386 g/mol. The van der Waals surface area contributed by atoms with E-state index in [-0.39, 0.29) is 18.0 Å². The molecule has 2 N–H and O–H groups in total. The number of benzene rings is 1. The van der Waals surface area contributed by atoms with E-state index >= 15 is 0 Å². The molecule has 0 bridgehead atoms. The summed E-state index contributed by atoms with van der Waals surface area (Å²) in [5.41, 5.74) is 5.52. The molecule has 0 amide bonds. The number of piperazine rings is 1. The molecule has 1 saturated heterocycles. The SMILES string of the molecule is CC1(C)CC=C(c2cc(CN3CCNCC3)ccc2CC(=O)c2ncc(C#N)[nH]2)CC1. The van der Waals surface area contributed by atoms with Gasteiger partial charge in [-0.25, -0.2) is 4.98 Å². The van der Waals surface area contributed by atoms with E-state index in [2.05, 4.69) is 58.3 Å². The third-order valence-electron chi connectivity index (χ3n) is 6.42. The van der Waals surface area contributed by atoms with Crippen LogP contribution in [0.15, 0.2) is 30.5 Å². The lowest BCUT2D eigenvalue weighted by atomic mass is 9.76. The second kappa shape index (κ2) is 9.17. The Hall–Kier alpha value is -2.75. The van der Waals surface area contributed by atoms with Gasteiger partial charge in [-0.2, -0.15) is 5.26 Å². The first kappa shape index (κ1) is 21.5. The summed E-state index contributed by atoms with van der Waals surface area (Å²) in [6, 6.07) is 8.55. The van der Waals surface area contributed by atoms with Crippen molar-refractivity contribution in [2.24, 2.45) is 5.41 Å². The van der Waals surface area contributed by atoms with Crippen LogP contribution >= 0.6 is 0 Å². The fourth-order valence-electron chi connectivity index (χ4n) is 4.40. The Morgan fingerprint density at radius 3 is 2.77 bits per heavy atom. The molecule has 0 spiro atoms. The Kier molecular flexibility index (Phi) is 6.35. The van der Waals surface area contributed by atoms with Gasteiger partial charge in [0.1, 0.15) is 11.8 Å². The zero-order valence-corrected chi connectivity index (χ0v) is 18.5. The zero-order valence-electron chi connectivity index (χ0n) is 18.5. The van der Waals surface area contributed by atoms with Crippen LogP contribution in [-0.2, 0) is 13.0 Å². The van der Waals surface area contributed by atoms with Gasteiger partial charge >= 0.3 is 0 Å². The first-order valence-electron chi connectivity index (χ1n) is 11.2. The number of hydrogen-bond donors (Lipinski definition) is 2. The predicted octanol–water partition coefficient (Wildman–Crippen LogP) is 3.71. The molecule has 2 aromatic rings. The van der Waals surface area contributed by atoms with Crippen molar-refractivity contribution in [2.45, 2.75) is 46.1 Å². The van der Waals surface area contributed by atoms with Gasteiger partial charge in [0.25, 0.3) is 0 Å². The van der Waals surface area contributed by atoms with Crippen molar-refractivity contribution < 1.29 is 4.79 Å². The maximum atomic E-state index is 12.8. The molecule has 1 aliphatic carbocycles. The average molecular weight is 418 g/mol. The van der Waals surface area contributed by atoms with Gasteiger partial charge in [0.15, 0.2) is 5.82 Å². The number of ketones is 1. The zero-order chi connectivity index (χ0) is 21.8. The van der Waals surface area contributed by atoms with Crippen molar-refractivity contribution >= 4 is 11.4 Å². The highest BCUT2D eigenvalue weighted by Crippen LogP contribution is 2.39. The molecular formula is C25H31N5O. The quantitative estimate of drug-likeness (QED) is 0.700. The van der Waals surface area contributed by atoms with Gasteiger partial charge in [0, 0.05) is 39.1 Å². The second-order valence-electron chi connectivity index (χ2n) is 9.47. The molecule has 4 rings (SSSR count). The number of nitrogens with zero attached hydrogens (tertiary/aromatic N) is 3. The van der Waals surface area contributed by atoms with E-state index in [0.29, 0.717) is 11.1 Å². The minimum absolute atomic E-state index is 0.0886. The van der Waals surface area contributed by atoms with Gasteiger partial charge in [-0.3, -0.25) is 9.69 Å². The van der Waals surface area contributed by atoms with Crippen molar-refractivity contribution in [3.8, 4) is 6.07 Å². The minimum Gasteiger partial charge on any atom is -0.327 e. The molecule has 2 heterocycles. The summed E-state index contributed by atoms with van der Waals surface area (Å²) in [7, 11) is 0. The smallest absolute Gasteiger partial charge is 0.202 e. The molecule has 6 nitrogen and oxygen atoms in total. The van der Waals surface area contributed by atoms with Gasteiger partial charge in [-0.05, 0) is 53.0 Å². The fraction of sp³-hybridized carbons (Fsp3) is 0.480. The van der Waals surface area contributed by atoms with E-state index in [0.717, 1.165) is 57.5 Å². The maximum absolute atomic E-state index is 12.8. The lowest BCUT2D eigenvalue weighted by Gasteiger charge is -2.30. The largest absolute Gasteiger partial charge is 0.327 e. The number of Topliss-reactive ketones (excluding diaryl/α,β-unsaturated/α-hetero) is 1. The summed E-state index contributed by atoms with van der Waals surface area (Å²) in [5.74, 6) is 0.167. The van der Waals surface area contributed by atoms with Crippen molar-refractivity contribution in [3.63, 3.8) is 0 Å². The number of carbonyl (C=O) groups is 1. The van der Waals surface area contributed by atoms with Crippen LogP contribution < -0.4 is 5.32 Å². The topological polar surface area (TPSA) is 84.8 Å². The van der Waals surface area contributed by atoms with E-state index < -0.39 is 0 Å².